The molecule has 0 spiro atoms. The first kappa shape index (κ1) is 19.3. The van der Waals surface area contributed by atoms with Crippen LogP contribution in [0.5, 0.6) is 5.75 Å². The Morgan fingerprint density at radius 1 is 1.10 bits per heavy atom. The molecule has 6 heteroatoms. The van der Waals surface area contributed by atoms with E-state index in [4.69, 9.17) is 4.74 Å². The van der Waals surface area contributed by atoms with Crippen LogP contribution in [0.4, 0.5) is 0 Å². The fourth-order valence-corrected chi connectivity index (χ4v) is 5.05. The van der Waals surface area contributed by atoms with Gasteiger partial charge < -0.3 is 4.74 Å². The van der Waals surface area contributed by atoms with E-state index >= 15 is 0 Å². The van der Waals surface area contributed by atoms with Gasteiger partial charge in [0.2, 0.25) is 0 Å². The zero-order chi connectivity index (χ0) is 20.7. The first-order valence-electron chi connectivity index (χ1n) is 11.3. The number of benzene rings is 1. The number of hydrogen-bond acceptors (Lipinski definition) is 4. The molecule has 3 aromatic rings. The number of hydrogen-bond donors (Lipinski definition) is 0. The van der Waals surface area contributed by atoms with Gasteiger partial charge in [-0.25, -0.2) is 0 Å². The molecule has 0 amide bonds. The summed E-state index contributed by atoms with van der Waals surface area (Å²) in [6, 6.07) is 4.75. The molecule has 0 N–H and O–H groups in total. The minimum atomic E-state index is 0.0000631. The first-order valence-corrected chi connectivity index (χ1v) is 11.3. The highest BCUT2D eigenvalue weighted by Gasteiger charge is 2.29. The predicted octanol–water partition coefficient (Wildman–Crippen LogP) is 5.08. The van der Waals surface area contributed by atoms with Crippen LogP contribution in [-0.4, -0.2) is 31.4 Å². The molecule has 2 saturated carbocycles. The minimum Gasteiger partial charge on any atom is -0.490 e. The van der Waals surface area contributed by atoms with Crippen LogP contribution < -0.4 is 4.74 Å². The Morgan fingerprint density at radius 3 is 2.70 bits per heavy atom. The van der Waals surface area contributed by atoms with Crippen molar-refractivity contribution >= 4 is 16.7 Å². The average molecular weight is 407 g/mol. The Labute approximate surface area is 177 Å². The van der Waals surface area contributed by atoms with E-state index in [9.17, 15) is 4.79 Å². The molecule has 1 aromatic carbocycles. The number of Topliss-reactive ketones (excluding diaryl/α,β-unsaturated/α-hetero) is 1. The summed E-state index contributed by atoms with van der Waals surface area (Å²) in [5, 5.41) is 10.3. The third-order valence-corrected chi connectivity index (χ3v) is 6.85. The van der Waals surface area contributed by atoms with Gasteiger partial charge in [0.05, 0.1) is 29.2 Å². The number of carbonyl (C=O) groups is 1. The highest BCUT2D eigenvalue weighted by molar-refractivity contribution is 5.89. The van der Waals surface area contributed by atoms with Crippen molar-refractivity contribution in [2.24, 2.45) is 13.0 Å². The van der Waals surface area contributed by atoms with Crippen LogP contribution in [0.15, 0.2) is 30.7 Å². The molecule has 0 unspecified atom stereocenters. The summed E-state index contributed by atoms with van der Waals surface area (Å²) in [5.74, 6) is 1.49. The maximum Gasteiger partial charge on any atom is 0.133 e. The van der Waals surface area contributed by atoms with Crippen molar-refractivity contribution in [3.8, 4) is 16.9 Å². The highest BCUT2D eigenvalue weighted by atomic mass is 16.5. The number of carbonyl (C=O) groups excluding carboxylic acids is 1. The highest BCUT2D eigenvalue weighted by Crippen LogP contribution is 2.36. The molecule has 2 aliphatic carbocycles. The van der Waals surface area contributed by atoms with Crippen molar-refractivity contribution in [2.45, 2.75) is 70.4 Å². The quantitative estimate of drug-likeness (QED) is 0.593. The fraction of sp³-hybridized carbons (Fsp3) is 0.542. The van der Waals surface area contributed by atoms with Gasteiger partial charge >= 0.3 is 0 Å². The Hall–Kier alpha value is -2.63. The van der Waals surface area contributed by atoms with Crippen molar-refractivity contribution < 1.29 is 9.53 Å². The molecule has 0 bridgehead atoms. The second-order valence-corrected chi connectivity index (χ2v) is 9.08. The third kappa shape index (κ3) is 3.75. The molecule has 6 nitrogen and oxygen atoms in total. The van der Waals surface area contributed by atoms with Gasteiger partial charge in [0.1, 0.15) is 11.5 Å². The number of aryl methyl sites for hydroxylation is 1. The Balaban J connectivity index is 1.46. The number of fused-ring (bicyclic) bond motifs is 1. The summed E-state index contributed by atoms with van der Waals surface area (Å²) in [7, 11) is 1.93. The number of ketones is 1. The topological polar surface area (TPSA) is 61.9 Å². The Kier molecular flexibility index (Phi) is 5.09. The van der Waals surface area contributed by atoms with Crippen molar-refractivity contribution in [3.63, 3.8) is 0 Å². The zero-order valence-corrected chi connectivity index (χ0v) is 17.9. The molecule has 2 fully saturated rings. The lowest BCUT2D eigenvalue weighted by Crippen LogP contribution is -2.21. The summed E-state index contributed by atoms with van der Waals surface area (Å²) in [5.41, 5.74) is 3.10. The standard InChI is InChI=1S/C24H30N4O2/c1-16(17-8-9-21(29)10-17)30-24-12-18(11-23-22(24)15-27(2)26-23)19-13-25-28(14-19)20-6-4-3-5-7-20/h11-17,20H,3-10H2,1-2H3/t16-,17+/m1/s1. The summed E-state index contributed by atoms with van der Waals surface area (Å²) in [4.78, 5) is 11.7. The van der Waals surface area contributed by atoms with E-state index in [0.717, 1.165) is 34.2 Å². The maximum absolute atomic E-state index is 11.7. The minimum absolute atomic E-state index is 0.0000631. The van der Waals surface area contributed by atoms with Crippen LogP contribution in [-0.2, 0) is 11.8 Å². The predicted molar refractivity (Wildman–Crippen MR) is 116 cm³/mol. The van der Waals surface area contributed by atoms with Gasteiger partial charge in [0.15, 0.2) is 0 Å². The van der Waals surface area contributed by atoms with E-state index in [2.05, 4.69) is 40.1 Å². The van der Waals surface area contributed by atoms with Crippen LogP contribution in [0, 0.1) is 5.92 Å². The van der Waals surface area contributed by atoms with Crippen molar-refractivity contribution in [1.29, 1.82) is 0 Å². The molecular formula is C24H30N4O2. The maximum atomic E-state index is 11.7. The Morgan fingerprint density at radius 2 is 1.93 bits per heavy atom. The molecule has 2 atom stereocenters. The summed E-state index contributed by atoms with van der Waals surface area (Å²) >= 11 is 0. The summed E-state index contributed by atoms with van der Waals surface area (Å²) in [6.07, 6.45) is 14.7. The fourth-order valence-electron chi connectivity index (χ4n) is 5.05. The van der Waals surface area contributed by atoms with Gasteiger partial charge in [-0.05, 0) is 43.9 Å². The average Bonchev–Trinajstić information content (AvgIpc) is 3.47. The van der Waals surface area contributed by atoms with Gasteiger partial charge in [0.25, 0.3) is 0 Å². The molecule has 158 valence electrons. The number of rotatable bonds is 5. The van der Waals surface area contributed by atoms with E-state index < -0.39 is 0 Å². The second kappa shape index (κ2) is 7.89. The van der Waals surface area contributed by atoms with E-state index in [0.29, 0.717) is 30.6 Å². The first-order chi connectivity index (χ1) is 14.6. The van der Waals surface area contributed by atoms with Crippen LogP contribution in [0.25, 0.3) is 22.0 Å². The second-order valence-electron chi connectivity index (χ2n) is 9.08. The summed E-state index contributed by atoms with van der Waals surface area (Å²) in [6.45, 7) is 2.08. The summed E-state index contributed by atoms with van der Waals surface area (Å²) < 4.78 is 10.4. The van der Waals surface area contributed by atoms with Crippen molar-refractivity contribution in [2.75, 3.05) is 0 Å². The van der Waals surface area contributed by atoms with Crippen LogP contribution in [0.2, 0.25) is 0 Å². The van der Waals surface area contributed by atoms with Gasteiger partial charge in [-0.3, -0.25) is 14.2 Å². The lowest BCUT2D eigenvalue weighted by atomic mass is 9.96. The zero-order valence-electron chi connectivity index (χ0n) is 17.9. The van der Waals surface area contributed by atoms with E-state index in [1.807, 2.05) is 24.1 Å². The van der Waals surface area contributed by atoms with E-state index in [1.165, 1.54) is 32.1 Å². The largest absolute Gasteiger partial charge is 0.490 e. The monoisotopic (exact) mass is 406 g/mol. The van der Waals surface area contributed by atoms with E-state index in [1.54, 1.807) is 0 Å². The molecule has 2 aliphatic rings. The van der Waals surface area contributed by atoms with Crippen LogP contribution in [0.3, 0.4) is 0 Å². The lowest BCUT2D eigenvalue weighted by Gasteiger charge is -2.22. The molecule has 5 rings (SSSR count). The third-order valence-electron chi connectivity index (χ3n) is 6.85. The van der Waals surface area contributed by atoms with E-state index in [-0.39, 0.29) is 6.10 Å². The van der Waals surface area contributed by atoms with Crippen molar-refractivity contribution in [3.05, 3.63) is 30.7 Å². The lowest BCUT2D eigenvalue weighted by molar-refractivity contribution is -0.117. The van der Waals surface area contributed by atoms with Crippen LogP contribution >= 0.6 is 0 Å². The molecule has 0 saturated heterocycles. The Bertz CT molecular complexity index is 1060. The number of ether oxygens (including phenoxy) is 1. The SMILES string of the molecule is C[C@@H](Oc1cc(-c2cnn(C3CCCCC3)c2)cc2nn(C)cc12)[C@H]1CCC(=O)C1. The van der Waals surface area contributed by atoms with Crippen LogP contribution in [0.1, 0.15) is 64.3 Å². The van der Waals surface area contributed by atoms with Gasteiger partial charge in [-0.15, -0.1) is 0 Å². The van der Waals surface area contributed by atoms with Gasteiger partial charge in [-0.2, -0.15) is 10.2 Å². The molecular weight excluding hydrogens is 376 g/mol. The van der Waals surface area contributed by atoms with Gasteiger partial charge in [-0.1, -0.05) is 19.3 Å². The van der Waals surface area contributed by atoms with Crippen molar-refractivity contribution in [1.82, 2.24) is 19.6 Å². The number of nitrogens with zero attached hydrogens (tertiary/aromatic N) is 4. The molecule has 2 aromatic heterocycles. The smallest absolute Gasteiger partial charge is 0.133 e. The number of aromatic nitrogens is 4. The van der Waals surface area contributed by atoms with Gasteiger partial charge in [0, 0.05) is 43.8 Å². The normalized spacial score (nSPS) is 21.4. The molecule has 0 radical (unpaired) electrons. The molecule has 2 heterocycles. The molecule has 30 heavy (non-hydrogen) atoms. The molecule has 0 aliphatic heterocycles.